The Kier molecular flexibility index (Phi) is 3.95. The summed E-state index contributed by atoms with van der Waals surface area (Å²) in [5.74, 6) is -0.465. The fraction of sp³-hybridized carbons (Fsp3) is 0.500. The molecule has 1 aromatic rings. The third-order valence-corrected chi connectivity index (χ3v) is 3.33. The minimum atomic E-state index is -0.465. The molecule has 96 valence electrons. The SMILES string of the molecule is CC1(OCc2cccc(C#N)c2F)CCCNC1. The van der Waals surface area contributed by atoms with Gasteiger partial charge in [0.05, 0.1) is 17.8 Å². The highest BCUT2D eigenvalue weighted by molar-refractivity contribution is 5.34. The van der Waals surface area contributed by atoms with E-state index in [0.717, 1.165) is 25.9 Å². The second kappa shape index (κ2) is 5.47. The van der Waals surface area contributed by atoms with E-state index in [9.17, 15) is 4.39 Å². The van der Waals surface area contributed by atoms with Gasteiger partial charge in [0, 0.05) is 12.1 Å². The van der Waals surface area contributed by atoms with E-state index in [1.165, 1.54) is 6.07 Å². The van der Waals surface area contributed by atoms with Crippen molar-refractivity contribution >= 4 is 0 Å². The lowest BCUT2D eigenvalue weighted by Crippen LogP contribution is -2.45. The molecule has 2 rings (SSSR count). The van der Waals surface area contributed by atoms with Crippen molar-refractivity contribution in [3.05, 3.63) is 35.1 Å². The van der Waals surface area contributed by atoms with Gasteiger partial charge in [-0.2, -0.15) is 5.26 Å². The van der Waals surface area contributed by atoms with Crippen molar-refractivity contribution in [1.29, 1.82) is 5.26 Å². The molecule has 3 nitrogen and oxygen atoms in total. The van der Waals surface area contributed by atoms with Crippen LogP contribution in [0.1, 0.15) is 30.9 Å². The van der Waals surface area contributed by atoms with Crippen molar-refractivity contribution in [2.24, 2.45) is 0 Å². The van der Waals surface area contributed by atoms with Crippen LogP contribution in [0.2, 0.25) is 0 Å². The molecule has 1 aliphatic rings. The molecule has 0 radical (unpaired) electrons. The van der Waals surface area contributed by atoms with Crippen molar-refractivity contribution in [3.8, 4) is 6.07 Å². The van der Waals surface area contributed by atoms with Gasteiger partial charge in [0.1, 0.15) is 11.9 Å². The zero-order valence-corrected chi connectivity index (χ0v) is 10.5. The van der Waals surface area contributed by atoms with Gasteiger partial charge in [0.2, 0.25) is 0 Å². The number of halogens is 1. The van der Waals surface area contributed by atoms with Gasteiger partial charge < -0.3 is 10.1 Å². The summed E-state index contributed by atoms with van der Waals surface area (Å²) in [7, 11) is 0. The Balaban J connectivity index is 2.04. The first-order valence-electron chi connectivity index (χ1n) is 6.17. The molecule has 18 heavy (non-hydrogen) atoms. The number of hydrogen-bond acceptors (Lipinski definition) is 3. The fourth-order valence-corrected chi connectivity index (χ4v) is 2.18. The number of nitrogens with one attached hydrogen (secondary N) is 1. The number of nitrogens with zero attached hydrogens (tertiary/aromatic N) is 1. The molecule has 1 atom stereocenters. The molecule has 1 unspecified atom stereocenters. The summed E-state index contributed by atoms with van der Waals surface area (Å²) in [6.07, 6.45) is 2.04. The predicted octanol–water partition coefficient (Wildman–Crippen LogP) is 2.36. The molecule has 1 N–H and O–H groups in total. The quantitative estimate of drug-likeness (QED) is 0.893. The Morgan fingerprint density at radius 2 is 2.39 bits per heavy atom. The average Bonchev–Trinajstić information content (AvgIpc) is 2.38. The van der Waals surface area contributed by atoms with Crippen LogP contribution in [0.25, 0.3) is 0 Å². The molecule has 0 spiro atoms. The molecular formula is C14H17FN2O. The Hall–Kier alpha value is -1.44. The van der Waals surface area contributed by atoms with E-state index in [2.05, 4.69) is 5.32 Å². The predicted molar refractivity (Wildman–Crippen MR) is 66.4 cm³/mol. The number of piperidine rings is 1. The van der Waals surface area contributed by atoms with Gasteiger partial charge in [0.25, 0.3) is 0 Å². The number of nitriles is 1. The Morgan fingerprint density at radius 1 is 1.56 bits per heavy atom. The highest BCUT2D eigenvalue weighted by atomic mass is 19.1. The van der Waals surface area contributed by atoms with E-state index >= 15 is 0 Å². The van der Waals surface area contributed by atoms with Crippen molar-refractivity contribution in [1.82, 2.24) is 5.32 Å². The lowest BCUT2D eigenvalue weighted by atomic mass is 9.96. The number of ether oxygens (including phenoxy) is 1. The normalized spacial score (nSPS) is 23.6. The fourth-order valence-electron chi connectivity index (χ4n) is 2.18. The van der Waals surface area contributed by atoms with E-state index in [1.807, 2.05) is 13.0 Å². The lowest BCUT2D eigenvalue weighted by Gasteiger charge is -2.34. The van der Waals surface area contributed by atoms with Crippen molar-refractivity contribution in [2.75, 3.05) is 13.1 Å². The third-order valence-electron chi connectivity index (χ3n) is 3.33. The van der Waals surface area contributed by atoms with E-state index in [4.69, 9.17) is 10.00 Å². The van der Waals surface area contributed by atoms with E-state index in [1.54, 1.807) is 12.1 Å². The van der Waals surface area contributed by atoms with Gasteiger partial charge in [-0.1, -0.05) is 12.1 Å². The summed E-state index contributed by atoms with van der Waals surface area (Å²) in [6.45, 7) is 4.04. The molecule has 1 aromatic carbocycles. The van der Waals surface area contributed by atoms with E-state index in [-0.39, 0.29) is 17.8 Å². The monoisotopic (exact) mass is 248 g/mol. The Bertz CT molecular complexity index is 461. The van der Waals surface area contributed by atoms with Crippen LogP contribution in [0.15, 0.2) is 18.2 Å². The van der Waals surface area contributed by atoms with Gasteiger partial charge in [-0.3, -0.25) is 0 Å². The molecule has 0 saturated carbocycles. The van der Waals surface area contributed by atoms with Crippen molar-refractivity contribution in [2.45, 2.75) is 32.0 Å². The molecule has 0 amide bonds. The topological polar surface area (TPSA) is 45.0 Å². The summed E-state index contributed by atoms with van der Waals surface area (Å²) in [5, 5.41) is 12.0. The maximum atomic E-state index is 13.8. The van der Waals surface area contributed by atoms with Crippen LogP contribution in [0.5, 0.6) is 0 Å². The van der Waals surface area contributed by atoms with Crippen LogP contribution in [0.4, 0.5) is 4.39 Å². The molecule has 0 aliphatic carbocycles. The number of rotatable bonds is 3. The minimum Gasteiger partial charge on any atom is -0.369 e. The highest BCUT2D eigenvalue weighted by Gasteiger charge is 2.27. The maximum absolute atomic E-state index is 13.8. The van der Waals surface area contributed by atoms with Gasteiger partial charge in [-0.25, -0.2) is 4.39 Å². The largest absolute Gasteiger partial charge is 0.369 e. The summed E-state index contributed by atoms with van der Waals surface area (Å²) in [5.41, 5.74) is 0.275. The summed E-state index contributed by atoms with van der Waals surface area (Å²) in [4.78, 5) is 0. The molecule has 1 fully saturated rings. The molecule has 0 bridgehead atoms. The van der Waals surface area contributed by atoms with Gasteiger partial charge >= 0.3 is 0 Å². The van der Waals surface area contributed by atoms with Crippen molar-refractivity contribution in [3.63, 3.8) is 0 Å². The second-order valence-electron chi connectivity index (χ2n) is 4.91. The van der Waals surface area contributed by atoms with Gasteiger partial charge in [-0.05, 0) is 32.4 Å². The lowest BCUT2D eigenvalue weighted by molar-refractivity contribution is -0.0580. The molecule has 1 heterocycles. The summed E-state index contributed by atoms with van der Waals surface area (Å²) < 4.78 is 19.7. The molecule has 1 saturated heterocycles. The van der Waals surface area contributed by atoms with Crippen LogP contribution in [0, 0.1) is 17.1 Å². The zero-order chi connectivity index (χ0) is 13.0. The standard InChI is InChI=1S/C14H17FN2O/c1-14(6-3-7-17-10-14)18-9-12-5-2-4-11(8-16)13(12)15/h2,4-5,17H,3,6-7,9-10H2,1H3. The minimum absolute atomic E-state index is 0.0722. The van der Waals surface area contributed by atoms with E-state index < -0.39 is 5.82 Å². The maximum Gasteiger partial charge on any atom is 0.146 e. The first kappa shape index (κ1) is 13.0. The Morgan fingerprint density at radius 3 is 3.06 bits per heavy atom. The second-order valence-corrected chi connectivity index (χ2v) is 4.91. The summed E-state index contributed by atoms with van der Waals surface area (Å²) in [6, 6.07) is 6.66. The molecule has 0 aromatic heterocycles. The molecular weight excluding hydrogens is 231 g/mol. The van der Waals surface area contributed by atoms with E-state index in [0.29, 0.717) is 5.56 Å². The zero-order valence-electron chi connectivity index (χ0n) is 10.5. The van der Waals surface area contributed by atoms with Crippen LogP contribution in [-0.2, 0) is 11.3 Å². The van der Waals surface area contributed by atoms with Crippen LogP contribution in [0.3, 0.4) is 0 Å². The number of hydrogen-bond donors (Lipinski definition) is 1. The Labute approximate surface area is 107 Å². The van der Waals surface area contributed by atoms with Crippen LogP contribution in [-0.4, -0.2) is 18.7 Å². The first-order chi connectivity index (χ1) is 8.64. The summed E-state index contributed by atoms with van der Waals surface area (Å²) >= 11 is 0. The molecule has 1 aliphatic heterocycles. The van der Waals surface area contributed by atoms with Crippen LogP contribution >= 0.6 is 0 Å². The molecule has 4 heteroatoms. The van der Waals surface area contributed by atoms with Gasteiger partial charge in [-0.15, -0.1) is 0 Å². The number of benzene rings is 1. The first-order valence-corrected chi connectivity index (χ1v) is 6.17. The van der Waals surface area contributed by atoms with Crippen LogP contribution < -0.4 is 5.32 Å². The third kappa shape index (κ3) is 2.87. The highest BCUT2D eigenvalue weighted by Crippen LogP contribution is 2.23. The van der Waals surface area contributed by atoms with Crippen molar-refractivity contribution < 1.29 is 9.13 Å². The smallest absolute Gasteiger partial charge is 0.146 e. The van der Waals surface area contributed by atoms with Gasteiger partial charge in [0.15, 0.2) is 0 Å². The average molecular weight is 248 g/mol.